The van der Waals surface area contributed by atoms with Gasteiger partial charge in [0.15, 0.2) is 0 Å². The topological polar surface area (TPSA) is 29.3 Å². The van der Waals surface area contributed by atoms with Crippen LogP contribution in [0.1, 0.15) is 30.5 Å². The van der Waals surface area contributed by atoms with Gasteiger partial charge < -0.3 is 5.73 Å². The number of nitrogens with zero attached hydrogens (tertiary/aromatic N) is 1. The fraction of sp³-hybridized carbons (Fsp3) is 0.538. The summed E-state index contributed by atoms with van der Waals surface area (Å²) in [5, 5.41) is 0. The zero-order chi connectivity index (χ0) is 11.3. The standard InChI is InChI=1S/C13H22N2/c1-4-13(15(3)10-9-14)12-7-5-11(2)6-8-12/h5-8,13H,4,9-10,14H2,1-3H3. The summed E-state index contributed by atoms with van der Waals surface area (Å²) in [7, 11) is 2.14. The van der Waals surface area contributed by atoms with E-state index in [0.29, 0.717) is 6.04 Å². The van der Waals surface area contributed by atoms with Gasteiger partial charge in [-0.2, -0.15) is 0 Å². The molecule has 0 spiro atoms. The number of hydrogen-bond acceptors (Lipinski definition) is 2. The third-order valence-corrected chi connectivity index (χ3v) is 2.86. The first kappa shape index (κ1) is 12.2. The Kier molecular flexibility index (Phi) is 4.79. The molecule has 1 aromatic rings. The van der Waals surface area contributed by atoms with Crippen LogP contribution in [-0.2, 0) is 0 Å². The fourth-order valence-electron chi connectivity index (χ4n) is 1.95. The second kappa shape index (κ2) is 5.89. The lowest BCUT2D eigenvalue weighted by molar-refractivity contribution is 0.245. The molecule has 1 rings (SSSR count). The molecule has 0 aliphatic heterocycles. The van der Waals surface area contributed by atoms with Crippen molar-refractivity contribution < 1.29 is 0 Å². The Morgan fingerprint density at radius 3 is 2.33 bits per heavy atom. The molecule has 2 N–H and O–H groups in total. The largest absolute Gasteiger partial charge is 0.329 e. The van der Waals surface area contributed by atoms with Gasteiger partial charge in [0, 0.05) is 19.1 Å². The van der Waals surface area contributed by atoms with E-state index in [0.717, 1.165) is 19.5 Å². The van der Waals surface area contributed by atoms with Crippen molar-refractivity contribution in [1.29, 1.82) is 0 Å². The van der Waals surface area contributed by atoms with E-state index >= 15 is 0 Å². The maximum Gasteiger partial charge on any atom is 0.0342 e. The van der Waals surface area contributed by atoms with E-state index in [1.54, 1.807) is 0 Å². The molecule has 84 valence electrons. The molecule has 1 aromatic carbocycles. The Morgan fingerprint density at radius 1 is 1.27 bits per heavy atom. The molecular formula is C13H22N2. The Balaban J connectivity index is 2.77. The van der Waals surface area contributed by atoms with Gasteiger partial charge in [0.2, 0.25) is 0 Å². The SMILES string of the molecule is CCC(c1ccc(C)cc1)N(C)CCN. The number of aryl methyl sites for hydroxylation is 1. The van der Waals surface area contributed by atoms with Gasteiger partial charge in [0.25, 0.3) is 0 Å². The molecule has 0 bridgehead atoms. The molecule has 0 saturated heterocycles. The number of hydrogen-bond donors (Lipinski definition) is 1. The molecule has 2 heteroatoms. The first-order valence-corrected chi connectivity index (χ1v) is 5.66. The number of nitrogens with two attached hydrogens (primary N) is 1. The molecule has 1 unspecified atom stereocenters. The monoisotopic (exact) mass is 206 g/mol. The van der Waals surface area contributed by atoms with Gasteiger partial charge in [0.05, 0.1) is 0 Å². The van der Waals surface area contributed by atoms with Crippen LogP contribution in [0.25, 0.3) is 0 Å². The highest BCUT2D eigenvalue weighted by molar-refractivity contribution is 5.24. The number of rotatable bonds is 5. The van der Waals surface area contributed by atoms with Crippen LogP contribution in [0.15, 0.2) is 24.3 Å². The molecule has 1 atom stereocenters. The zero-order valence-corrected chi connectivity index (χ0v) is 10.0. The van der Waals surface area contributed by atoms with Crippen LogP contribution in [-0.4, -0.2) is 25.0 Å². The molecule has 0 radical (unpaired) electrons. The number of benzene rings is 1. The summed E-state index contributed by atoms with van der Waals surface area (Å²) in [6.07, 6.45) is 1.12. The summed E-state index contributed by atoms with van der Waals surface area (Å²) < 4.78 is 0. The van der Waals surface area contributed by atoms with Crippen molar-refractivity contribution in [2.75, 3.05) is 20.1 Å². The maximum atomic E-state index is 5.58. The Morgan fingerprint density at radius 2 is 1.87 bits per heavy atom. The molecular weight excluding hydrogens is 184 g/mol. The van der Waals surface area contributed by atoms with E-state index in [9.17, 15) is 0 Å². The smallest absolute Gasteiger partial charge is 0.0342 e. The average Bonchev–Trinajstić information content (AvgIpc) is 2.22. The molecule has 0 saturated carbocycles. The van der Waals surface area contributed by atoms with E-state index in [4.69, 9.17) is 5.73 Å². The minimum absolute atomic E-state index is 0.495. The average molecular weight is 206 g/mol. The van der Waals surface area contributed by atoms with Crippen molar-refractivity contribution in [3.63, 3.8) is 0 Å². The first-order valence-electron chi connectivity index (χ1n) is 5.66. The highest BCUT2D eigenvalue weighted by Gasteiger charge is 2.13. The lowest BCUT2D eigenvalue weighted by Crippen LogP contribution is -2.29. The van der Waals surface area contributed by atoms with Crippen molar-refractivity contribution in [2.45, 2.75) is 26.3 Å². The molecule has 15 heavy (non-hydrogen) atoms. The van der Waals surface area contributed by atoms with Gasteiger partial charge in [-0.15, -0.1) is 0 Å². The van der Waals surface area contributed by atoms with Crippen LogP contribution < -0.4 is 5.73 Å². The summed E-state index contributed by atoms with van der Waals surface area (Å²) in [6.45, 7) is 6.01. The van der Waals surface area contributed by atoms with Gasteiger partial charge in [0.1, 0.15) is 0 Å². The molecule has 0 heterocycles. The molecule has 0 aromatic heterocycles. The minimum Gasteiger partial charge on any atom is -0.329 e. The van der Waals surface area contributed by atoms with Crippen molar-refractivity contribution in [2.24, 2.45) is 5.73 Å². The van der Waals surface area contributed by atoms with Crippen LogP contribution >= 0.6 is 0 Å². The lowest BCUT2D eigenvalue weighted by Gasteiger charge is -2.27. The summed E-state index contributed by atoms with van der Waals surface area (Å²) in [4.78, 5) is 2.32. The molecule has 2 nitrogen and oxygen atoms in total. The van der Waals surface area contributed by atoms with E-state index in [2.05, 4.69) is 50.1 Å². The zero-order valence-electron chi connectivity index (χ0n) is 10.0. The quantitative estimate of drug-likeness (QED) is 0.801. The van der Waals surface area contributed by atoms with E-state index in [1.807, 2.05) is 0 Å². The molecule has 0 amide bonds. The van der Waals surface area contributed by atoms with E-state index in [-0.39, 0.29) is 0 Å². The third-order valence-electron chi connectivity index (χ3n) is 2.86. The lowest BCUT2D eigenvalue weighted by atomic mass is 10.0. The Hall–Kier alpha value is -0.860. The molecule has 0 fully saturated rings. The van der Waals surface area contributed by atoms with Crippen LogP contribution in [0, 0.1) is 6.92 Å². The minimum atomic E-state index is 0.495. The predicted molar refractivity (Wildman–Crippen MR) is 65.9 cm³/mol. The van der Waals surface area contributed by atoms with Crippen molar-refractivity contribution in [3.8, 4) is 0 Å². The van der Waals surface area contributed by atoms with Crippen molar-refractivity contribution >= 4 is 0 Å². The third kappa shape index (κ3) is 3.33. The summed E-state index contributed by atoms with van der Waals surface area (Å²) >= 11 is 0. The Bertz CT molecular complexity index is 279. The van der Waals surface area contributed by atoms with Gasteiger partial charge >= 0.3 is 0 Å². The van der Waals surface area contributed by atoms with Crippen LogP contribution in [0.3, 0.4) is 0 Å². The maximum absolute atomic E-state index is 5.58. The summed E-state index contributed by atoms with van der Waals surface area (Å²) in [5.74, 6) is 0. The van der Waals surface area contributed by atoms with Gasteiger partial charge in [-0.3, -0.25) is 4.90 Å². The Labute approximate surface area is 93.1 Å². The second-order valence-corrected chi connectivity index (χ2v) is 4.10. The van der Waals surface area contributed by atoms with Gasteiger partial charge in [-0.25, -0.2) is 0 Å². The van der Waals surface area contributed by atoms with Crippen molar-refractivity contribution in [3.05, 3.63) is 35.4 Å². The van der Waals surface area contributed by atoms with Crippen LogP contribution in [0.2, 0.25) is 0 Å². The summed E-state index contributed by atoms with van der Waals surface area (Å²) in [6, 6.07) is 9.28. The molecule has 0 aliphatic rings. The number of likely N-dealkylation sites (N-methyl/N-ethyl adjacent to an activating group) is 1. The van der Waals surface area contributed by atoms with Gasteiger partial charge in [-0.05, 0) is 26.0 Å². The van der Waals surface area contributed by atoms with Crippen LogP contribution in [0.5, 0.6) is 0 Å². The normalized spacial score (nSPS) is 13.1. The van der Waals surface area contributed by atoms with E-state index in [1.165, 1.54) is 11.1 Å². The summed E-state index contributed by atoms with van der Waals surface area (Å²) in [5.41, 5.74) is 8.29. The highest BCUT2D eigenvalue weighted by atomic mass is 15.1. The fourth-order valence-corrected chi connectivity index (χ4v) is 1.95. The van der Waals surface area contributed by atoms with Crippen LogP contribution in [0.4, 0.5) is 0 Å². The molecule has 0 aliphatic carbocycles. The highest BCUT2D eigenvalue weighted by Crippen LogP contribution is 2.22. The van der Waals surface area contributed by atoms with E-state index < -0.39 is 0 Å². The van der Waals surface area contributed by atoms with Gasteiger partial charge in [-0.1, -0.05) is 36.8 Å². The first-order chi connectivity index (χ1) is 7.19. The second-order valence-electron chi connectivity index (χ2n) is 4.10. The van der Waals surface area contributed by atoms with Crippen molar-refractivity contribution in [1.82, 2.24) is 4.90 Å². The predicted octanol–water partition coefficient (Wildman–Crippen LogP) is 2.34.